The molecule has 0 aliphatic carbocycles. The molecule has 15 heavy (non-hydrogen) atoms. The fourth-order valence-corrected chi connectivity index (χ4v) is 1.91. The molecule has 0 unspecified atom stereocenters. The first-order chi connectivity index (χ1) is 7.36. The maximum Gasteiger partial charge on any atom is 0.0619 e. The van der Waals surface area contributed by atoms with Gasteiger partial charge in [0.15, 0.2) is 0 Å². The molecule has 0 aromatic heterocycles. The average Bonchev–Trinajstić information content (AvgIpc) is 2.67. The normalized spacial score (nSPS) is 26.0. The van der Waals surface area contributed by atoms with E-state index in [-0.39, 0.29) is 0 Å². The van der Waals surface area contributed by atoms with Gasteiger partial charge < -0.3 is 14.8 Å². The van der Waals surface area contributed by atoms with Crippen LogP contribution in [0.2, 0.25) is 0 Å². The van der Waals surface area contributed by atoms with Gasteiger partial charge in [0.1, 0.15) is 0 Å². The third kappa shape index (κ3) is 5.50. The van der Waals surface area contributed by atoms with Gasteiger partial charge in [-0.2, -0.15) is 0 Å². The number of hydrogen-bond donors (Lipinski definition) is 1. The Bertz CT molecular complexity index is 137. The van der Waals surface area contributed by atoms with Gasteiger partial charge in [-0.05, 0) is 25.7 Å². The van der Waals surface area contributed by atoms with Crippen LogP contribution in [0.1, 0.15) is 39.5 Å². The van der Waals surface area contributed by atoms with E-state index >= 15 is 0 Å². The molecule has 0 spiro atoms. The average molecular weight is 215 g/mol. The molecule has 0 bridgehead atoms. The van der Waals surface area contributed by atoms with Crippen LogP contribution in [0.4, 0.5) is 0 Å². The summed E-state index contributed by atoms with van der Waals surface area (Å²) in [4.78, 5) is 0. The molecule has 1 aliphatic rings. The van der Waals surface area contributed by atoms with Crippen LogP contribution in [-0.4, -0.2) is 38.5 Å². The number of rotatable bonds is 8. The molecule has 1 fully saturated rings. The predicted molar refractivity (Wildman–Crippen MR) is 62.2 cm³/mol. The Morgan fingerprint density at radius 2 is 1.40 bits per heavy atom. The molecule has 1 saturated heterocycles. The quantitative estimate of drug-likeness (QED) is 0.628. The zero-order valence-electron chi connectivity index (χ0n) is 10.1. The van der Waals surface area contributed by atoms with E-state index in [9.17, 15) is 0 Å². The Hall–Kier alpha value is -0.120. The molecule has 0 radical (unpaired) electrons. The molecule has 2 atom stereocenters. The summed E-state index contributed by atoms with van der Waals surface area (Å²) in [5.41, 5.74) is 0. The molecule has 0 aromatic carbocycles. The van der Waals surface area contributed by atoms with Crippen LogP contribution in [0.3, 0.4) is 0 Å². The van der Waals surface area contributed by atoms with Crippen molar-refractivity contribution >= 4 is 0 Å². The van der Waals surface area contributed by atoms with E-state index in [0.717, 1.165) is 39.3 Å². The topological polar surface area (TPSA) is 30.5 Å². The lowest BCUT2D eigenvalue weighted by Gasteiger charge is -2.14. The highest BCUT2D eigenvalue weighted by Crippen LogP contribution is 2.13. The minimum Gasteiger partial charge on any atom is -0.380 e. The van der Waals surface area contributed by atoms with E-state index in [0.29, 0.717) is 12.1 Å². The van der Waals surface area contributed by atoms with E-state index in [1.165, 1.54) is 12.8 Å². The molecule has 1 N–H and O–H groups in total. The summed E-state index contributed by atoms with van der Waals surface area (Å²) in [7, 11) is 0. The lowest BCUT2D eigenvalue weighted by atomic mass is 10.2. The molecule has 0 aromatic rings. The van der Waals surface area contributed by atoms with Crippen molar-refractivity contribution < 1.29 is 9.47 Å². The molecule has 1 rings (SSSR count). The lowest BCUT2D eigenvalue weighted by molar-refractivity contribution is 0.101. The van der Waals surface area contributed by atoms with Gasteiger partial charge in [-0.15, -0.1) is 0 Å². The van der Waals surface area contributed by atoms with E-state index in [4.69, 9.17) is 9.47 Å². The van der Waals surface area contributed by atoms with Crippen LogP contribution in [0.25, 0.3) is 0 Å². The van der Waals surface area contributed by atoms with Crippen LogP contribution in [0, 0.1) is 0 Å². The molecular weight excluding hydrogens is 190 g/mol. The highest BCUT2D eigenvalue weighted by molar-refractivity contribution is 4.83. The third-order valence-electron chi connectivity index (χ3n) is 2.67. The minimum absolute atomic E-state index is 0.548. The first kappa shape index (κ1) is 12.9. The predicted octanol–water partition coefficient (Wildman–Crippen LogP) is 1.96. The fourth-order valence-electron chi connectivity index (χ4n) is 1.91. The molecule has 1 aliphatic heterocycles. The van der Waals surface area contributed by atoms with Crippen molar-refractivity contribution in [2.24, 2.45) is 0 Å². The van der Waals surface area contributed by atoms with Crippen LogP contribution in [-0.2, 0) is 9.47 Å². The molecule has 3 nitrogen and oxygen atoms in total. The van der Waals surface area contributed by atoms with Gasteiger partial charge in [-0.25, -0.2) is 0 Å². The summed E-state index contributed by atoms with van der Waals surface area (Å²) in [5.74, 6) is 0. The summed E-state index contributed by atoms with van der Waals surface area (Å²) in [6, 6.07) is 1.10. The minimum atomic E-state index is 0.548. The van der Waals surface area contributed by atoms with Crippen LogP contribution in [0.15, 0.2) is 0 Å². The van der Waals surface area contributed by atoms with Crippen LogP contribution >= 0.6 is 0 Å². The Labute approximate surface area is 93.5 Å². The second kappa shape index (κ2) is 8.08. The van der Waals surface area contributed by atoms with E-state index in [2.05, 4.69) is 19.2 Å². The summed E-state index contributed by atoms with van der Waals surface area (Å²) >= 11 is 0. The number of ether oxygens (including phenoxy) is 2. The molecular formula is C12H25NO2. The Morgan fingerprint density at radius 3 is 1.80 bits per heavy atom. The van der Waals surface area contributed by atoms with E-state index in [1.54, 1.807) is 0 Å². The van der Waals surface area contributed by atoms with Crippen molar-refractivity contribution in [1.82, 2.24) is 5.32 Å². The smallest absolute Gasteiger partial charge is 0.0619 e. The highest BCUT2D eigenvalue weighted by atomic mass is 16.5. The van der Waals surface area contributed by atoms with Crippen molar-refractivity contribution in [3.8, 4) is 0 Å². The maximum absolute atomic E-state index is 5.54. The van der Waals surface area contributed by atoms with Gasteiger partial charge in [0.2, 0.25) is 0 Å². The molecule has 0 saturated carbocycles. The zero-order chi connectivity index (χ0) is 10.9. The summed E-state index contributed by atoms with van der Waals surface area (Å²) in [5, 5.41) is 3.56. The van der Waals surface area contributed by atoms with Gasteiger partial charge in [0.25, 0.3) is 0 Å². The second-order valence-electron chi connectivity index (χ2n) is 4.29. The summed E-state index contributed by atoms with van der Waals surface area (Å²) < 4.78 is 11.1. The van der Waals surface area contributed by atoms with E-state index < -0.39 is 0 Å². The zero-order valence-corrected chi connectivity index (χ0v) is 10.1. The molecule has 3 heteroatoms. The first-order valence-corrected chi connectivity index (χ1v) is 6.28. The van der Waals surface area contributed by atoms with Crippen molar-refractivity contribution in [3.63, 3.8) is 0 Å². The number of nitrogens with one attached hydrogen (secondary N) is 1. The van der Waals surface area contributed by atoms with Crippen LogP contribution < -0.4 is 5.32 Å². The Kier molecular flexibility index (Phi) is 6.98. The van der Waals surface area contributed by atoms with E-state index in [1.807, 2.05) is 0 Å². The second-order valence-corrected chi connectivity index (χ2v) is 4.29. The maximum atomic E-state index is 5.54. The van der Waals surface area contributed by atoms with Gasteiger partial charge in [0.05, 0.1) is 13.2 Å². The monoisotopic (exact) mass is 215 g/mol. The standard InChI is InChI=1S/C12H25NO2/c1-3-7-14-9-11-5-6-12(13-11)10-15-8-4-2/h11-13H,3-10H2,1-2H3/t11-,12-/m0/s1. The van der Waals surface area contributed by atoms with Gasteiger partial charge in [0, 0.05) is 25.3 Å². The van der Waals surface area contributed by atoms with Crippen molar-refractivity contribution in [2.75, 3.05) is 26.4 Å². The first-order valence-electron chi connectivity index (χ1n) is 6.28. The lowest BCUT2D eigenvalue weighted by Crippen LogP contribution is -2.35. The van der Waals surface area contributed by atoms with Crippen molar-refractivity contribution in [2.45, 2.75) is 51.6 Å². The van der Waals surface area contributed by atoms with Gasteiger partial charge in [-0.1, -0.05) is 13.8 Å². The van der Waals surface area contributed by atoms with Crippen LogP contribution in [0.5, 0.6) is 0 Å². The van der Waals surface area contributed by atoms with Gasteiger partial charge in [-0.3, -0.25) is 0 Å². The Balaban J connectivity index is 1.99. The third-order valence-corrected chi connectivity index (χ3v) is 2.67. The highest BCUT2D eigenvalue weighted by Gasteiger charge is 2.23. The number of hydrogen-bond acceptors (Lipinski definition) is 3. The van der Waals surface area contributed by atoms with Crippen molar-refractivity contribution in [1.29, 1.82) is 0 Å². The van der Waals surface area contributed by atoms with Crippen molar-refractivity contribution in [3.05, 3.63) is 0 Å². The Morgan fingerprint density at radius 1 is 0.933 bits per heavy atom. The summed E-state index contributed by atoms with van der Waals surface area (Å²) in [6.07, 6.45) is 4.67. The van der Waals surface area contributed by atoms with Gasteiger partial charge >= 0.3 is 0 Å². The largest absolute Gasteiger partial charge is 0.380 e. The molecule has 0 amide bonds. The molecule has 90 valence electrons. The SMILES string of the molecule is CCCOC[C@@H]1CC[C@@H](COCCC)N1. The molecule has 1 heterocycles. The summed E-state index contributed by atoms with van der Waals surface area (Å²) in [6.45, 7) is 7.77. The fraction of sp³-hybridized carbons (Fsp3) is 1.00.